The molecule has 44 heavy (non-hydrogen) atoms. The molecule has 3 atom stereocenters. The van der Waals surface area contributed by atoms with Crippen molar-refractivity contribution in [3.8, 4) is 17.7 Å². The molecular weight excluding hydrogens is 567 g/mol. The summed E-state index contributed by atoms with van der Waals surface area (Å²) >= 11 is 0. The quantitative estimate of drug-likeness (QED) is 0.272. The van der Waals surface area contributed by atoms with Crippen LogP contribution < -0.4 is 9.47 Å². The molecule has 2 saturated heterocycles. The number of nitriles is 1. The Labute approximate surface area is 253 Å². The van der Waals surface area contributed by atoms with Crippen LogP contribution in [-0.2, 0) is 24.4 Å². The number of aromatic carboxylic acids is 1. The number of piperidine rings is 1. The number of rotatable bonds is 10. The second kappa shape index (κ2) is 13.0. The summed E-state index contributed by atoms with van der Waals surface area (Å²) in [7, 11) is 0. The Morgan fingerprint density at radius 2 is 2.09 bits per heavy atom. The highest BCUT2D eigenvalue weighted by atomic mass is 19.1. The van der Waals surface area contributed by atoms with Gasteiger partial charge in [-0.3, -0.25) is 4.90 Å². The minimum Gasteiger partial charge on any atom is -0.483 e. The van der Waals surface area contributed by atoms with Gasteiger partial charge in [0.15, 0.2) is 17.4 Å². The topological polar surface area (TPSA) is 136 Å². The predicted molar refractivity (Wildman–Crippen MR) is 157 cm³/mol. The fourth-order valence-electron chi connectivity index (χ4n) is 5.84. The lowest BCUT2D eigenvalue weighted by Crippen LogP contribution is -2.44. The van der Waals surface area contributed by atoms with Crippen molar-refractivity contribution in [2.45, 2.75) is 70.6 Å². The molecular formula is C32H33FN6O5. The zero-order chi connectivity index (χ0) is 30.6. The van der Waals surface area contributed by atoms with Crippen LogP contribution in [0.2, 0.25) is 0 Å². The molecule has 0 bridgehead atoms. The molecule has 1 N–H and O–H groups in total. The Balaban J connectivity index is 1.09. The second-order valence-corrected chi connectivity index (χ2v) is 11.2. The normalized spacial score (nSPS) is 20.4. The van der Waals surface area contributed by atoms with Gasteiger partial charge < -0.3 is 23.9 Å². The highest BCUT2D eigenvalue weighted by Crippen LogP contribution is 2.27. The van der Waals surface area contributed by atoms with E-state index in [0.717, 1.165) is 61.8 Å². The van der Waals surface area contributed by atoms with Crippen molar-refractivity contribution in [3.05, 3.63) is 77.3 Å². The van der Waals surface area contributed by atoms with E-state index < -0.39 is 11.8 Å². The lowest BCUT2D eigenvalue weighted by molar-refractivity contribution is 0.0524. The van der Waals surface area contributed by atoms with Gasteiger partial charge in [0, 0.05) is 31.5 Å². The Hall–Kier alpha value is -4.60. The number of fused-ring (bicyclic) bond motifs is 1. The third-order valence-electron chi connectivity index (χ3n) is 8.18. The fourth-order valence-corrected chi connectivity index (χ4v) is 5.84. The summed E-state index contributed by atoms with van der Waals surface area (Å²) in [5.41, 5.74) is 2.05. The van der Waals surface area contributed by atoms with E-state index in [0.29, 0.717) is 24.8 Å². The number of carboxylic acid groups (broad SMARTS) is 1. The standard InChI is InChI=1S/C32H33FN6O5/c1-20-13-23(44-31-8-10-35-29(37-31)19-43-28-7-4-21(16-34)14-25(28)33)9-11-38(20)18-30-36-26-6-5-22(32(40)41)15-27(26)39(30)17-24-3-2-12-42-24/h4-8,10,14-15,20,23-24H,2-3,9,11-13,17-19H2,1H3,(H,40,41)/t20-,23?,24-/m0/s1. The minimum absolute atomic E-state index is 0.0201. The molecule has 2 aromatic heterocycles. The van der Waals surface area contributed by atoms with Gasteiger partial charge in [0.05, 0.1) is 47.4 Å². The molecule has 0 aliphatic carbocycles. The Morgan fingerprint density at radius 1 is 1.20 bits per heavy atom. The average Bonchev–Trinajstić information content (AvgIpc) is 3.66. The third kappa shape index (κ3) is 6.64. The van der Waals surface area contributed by atoms with E-state index in [9.17, 15) is 14.3 Å². The molecule has 4 heterocycles. The number of likely N-dealkylation sites (tertiary alicyclic amines) is 1. The van der Waals surface area contributed by atoms with Crippen LogP contribution in [0.25, 0.3) is 11.0 Å². The number of imidazole rings is 1. The minimum atomic E-state index is -0.961. The van der Waals surface area contributed by atoms with Crippen molar-refractivity contribution in [2.75, 3.05) is 13.2 Å². The monoisotopic (exact) mass is 600 g/mol. The summed E-state index contributed by atoms with van der Waals surface area (Å²) in [6.45, 7) is 4.91. The van der Waals surface area contributed by atoms with Crippen LogP contribution in [-0.4, -0.2) is 66.9 Å². The number of ether oxygens (including phenoxy) is 3. The molecule has 1 unspecified atom stereocenters. The zero-order valence-corrected chi connectivity index (χ0v) is 24.4. The van der Waals surface area contributed by atoms with Crippen molar-refractivity contribution in [1.29, 1.82) is 5.26 Å². The number of benzene rings is 2. The number of hydrogen-bond acceptors (Lipinski definition) is 9. The molecule has 0 spiro atoms. The molecule has 0 amide bonds. The molecule has 2 fully saturated rings. The van der Waals surface area contributed by atoms with Gasteiger partial charge in [0.2, 0.25) is 5.88 Å². The van der Waals surface area contributed by atoms with E-state index in [1.807, 2.05) is 6.07 Å². The first-order valence-electron chi connectivity index (χ1n) is 14.8. The number of hydrogen-bond donors (Lipinski definition) is 1. The Kier molecular flexibility index (Phi) is 8.67. The number of carboxylic acids is 1. The molecule has 0 radical (unpaired) electrons. The van der Waals surface area contributed by atoms with Crippen LogP contribution in [0.4, 0.5) is 4.39 Å². The van der Waals surface area contributed by atoms with Crippen molar-refractivity contribution in [3.63, 3.8) is 0 Å². The number of aromatic nitrogens is 4. The largest absolute Gasteiger partial charge is 0.483 e. The lowest BCUT2D eigenvalue weighted by atomic mass is 10.0. The van der Waals surface area contributed by atoms with Gasteiger partial charge in [0.1, 0.15) is 18.5 Å². The van der Waals surface area contributed by atoms with Crippen LogP contribution in [0.3, 0.4) is 0 Å². The number of nitrogens with zero attached hydrogens (tertiary/aromatic N) is 6. The van der Waals surface area contributed by atoms with Crippen molar-refractivity contribution in [1.82, 2.24) is 24.4 Å². The molecule has 4 aromatic rings. The van der Waals surface area contributed by atoms with Crippen LogP contribution in [0.1, 0.15) is 60.2 Å². The maximum absolute atomic E-state index is 14.2. The van der Waals surface area contributed by atoms with E-state index in [1.165, 1.54) is 12.1 Å². The molecule has 2 aromatic carbocycles. The lowest BCUT2D eigenvalue weighted by Gasteiger charge is -2.37. The van der Waals surface area contributed by atoms with Crippen LogP contribution in [0.5, 0.6) is 11.6 Å². The van der Waals surface area contributed by atoms with Gasteiger partial charge in [-0.2, -0.15) is 10.2 Å². The van der Waals surface area contributed by atoms with Crippen molar-refractivity contribution < 1.29 is 28.5 Å². The van der Waals surface area contributed by atoms with E-state index in [1.54, 1.807) is 30.5 Å². The maximum Gasteiger partial charge on any atom is 0.335 e. The Bertz CT molecular complexity index is 1700. The molecule has 12 heteroatoms. The van der Waals surface area contributed by atoms with Crippen LogP contribution >= 0.6 is 0 Å². The molecule has 0 saturated carbocycles. The first kappa shape index (κ1) is 29.5. The highest BCUT2D eigenvalue weighted by molar-refractivity contribution is 5.92. The summed E-state index contributed by atoms with van der Waals surface area (Å²) in [6.07, 6.45) is 5.18. The summed E-state index contributed by atoms with van der Waals surface area (Å²) in [4.78, 5) is 27.6. The summed E-state index contributed by atoms with van der Waals surface area (Å²) in [6, 6.07) is 12.9. The van der Waals surface area contributed by atoms with Gasteiger partial charge >= 0.3 is 5.97 Å². The number of carbonyl (C=O) groups is 1. The fraction of sp³-hybridized carbons (Fsp3) is 0.406. The van der Waals surface area contributed by atoms with E-state index >= 15 is 0 Å². The Morgan fingerprint density at radius 3 is 2.84 bits per heavy atom. The van der Waals surface area contributed by atoms with Crippen LogP contribution in [0.15, 0.2) is 48.7 Å². The van der Waals surface area contributed by atoms with Crippen molar-refractivity contribution in [2.24, 2.45) is 0 Å². The molecule has 11 nitrogen and oxygen atoms in total. The zero-order valence-electron chi connectivity index (χ0n) is 24.4. The smallest absolute Gasteiger partial charge is 0.335 e. The highest BCUT2D eigenvalue weighted by Gasteiger charge is 2.29. The molecule has 6 rings (SSSR count). The average molecular weight is 601 g/mol. The van der Waals surface area contributed by atoms with E-state index in [-0.39, 0.29) is 41.7 Å². The molecule has 228 valence electrons. The van der Waals surface area contributed by atoms with E-state index in [2.05, 4.69) is 26.4 Å². The predicted octanol–water partition coefficient (Wildman–Crippen LogP) is 4.73. The first-order chi connectivity index (χ1) is 21.4. The van der Waals surface area contributed by atoms with Gasteiger partial charge in [-0.05, 0) is 69.0 Å². The summed E-state index contributed by atoms with van der Waals surface area (Å²) in [5, 5.41) is 18.5. The maximum atomic E-state index is 14.2. The second-order valence-electron chi connectivity index (χ2n) is 11.2. The number of halogens is 1. The van der Waals surface area contributed by atoms with Gasteiger partial charge in [0.25, 0.3) is 0 Å². The molecule has 2 aliphatic heterocycles. The van der Waals surface area contributed by atoms with E-state index in [4.69, 9.17) is 24.5 Å². The summed E-state index contributed by atoms with van der Waals surface area (Å²) < 4.78 is 34.0. The molecule has 2 aliphatic rings. The van der Waals surface area contributed by atoms with Gasteiger partial charge in [-0.1, -0.05) is 0 Å². The van der Waals surface area contributed by atoms with Gasteiger partial charge in [-0.25, -0.2) is 19.2 Å². The van der Waals surface area contributed by atoms with Crippen molar-refractivity contribution >= 4 is 17.0 Å². The first-order valence-corrected chi connectivity index (χ1v) is 14.8. The van der Waals surface area contributed by atoms with Crippen LogP contribution in [0, 0.1) is 17.1 Å². The third-order valence-corrected chi connectivity index (χ3v) is 8.18. The SMILES string of the molecule is C[C@H]1CC(Oc2ccnc(COc3ccc(C#N)cc3F)n2)CCN1Cc1nc2ccc(C(=O)O)cc2n1C[C@@H]1CCCO1. The van der Waals surface area contributed by atoms with Gasteiger partial charge in [-0.15, -0.1) is 0 Å². The summed E-state index contributed by atoms with van der Waals surface area (Å²) in [5.74, 6) is 0.113.